The Hall–Kier alpha value is -2.35. The second kappa shape index (κ2) is 6.64. The van der Waals surface area contributed by atoms with E-state index in [9.17, 15) is 0 Å². The Labute approximate surface area is 146 Å². The summed E-state index contributed by atoms with van der Waals surface area (Å²) in [5.41, 5.74) is 1.61. The van der Waals surface area contributed by atoms with Gasteiger partial charge in [0.2, 0.25) is 0 Å². The molecule has 24 heavy (non-hydrogen) atoms. The minimum atomic E-state index is -0.0323. The Bertz CT molecular complexity index is 966. The molecule has 2 N–H and O–H groups in total. The van der Waals surface area contributed by atoms with Gasteiger partial charge in [-0.25, -0.2) is 15.0 Å². The lowest BCUT2D eigenvalue weighted by Gasteiger charge is -2.09. The third-order valence-electron chi connectivity index (χ3n) is 3.51. The van der Waals surface area contributed by atoms with Crippen LogP contribution in [0, 0.1) is 0 Å². The molecule has 3 aromatic heterocycles. The van der Waals surface area contributed by atoms with Crippen molar-refractivity contribution in [3.05, 3.63) is 57.9 Å². The van der Waals surface area contributed by atoms with Crippen molar-refractivity contribution in [2.45, 2.75) is 13.2 Å². The van der Waals surface area contributed by atoms with Crippen molar-refractivity contribution in [1.29, 1.82) is 0 Å². The van der Waals surface area contributed by atoms with Gasteiger partial charge in [0.15, 0.2) is 5.82 Å². The molecule has 0 unspecified atom stereocenters. The molecule has 0 atom stereocenters. The van der Waals surface area contributed by atoms with Gasteiger partial charge in [0, 0.05) is 10.8 Å². The summed E-state index contributed by atoms with van der Waals surface area (Å²) in [6, 6.07) is 12.0. The maximum absolute atomic E-state index is 9.12. The van der Waals surface area contributed by atoms with E-state index in [1.54, 1.807) is 11.3 Å². The molecule has 3 heterocycles. The van der Waals surface area contributed by atoms with Crippen LogP contribution in [0.4, 0.5) is 5.82 Å². The average molecular weight is 354 g/mol. The Morgan fingerprint density at radius 3 is 2.71 bits per heavy atom. The monoisotopic (exact) mass is 354 g/mol. The van der Waals surface area contributed by atoms with Crippen LogP contribution in [-0.2, 0) is 13.2 Å². The summed E-state index contributed by atoms with van der Waals surface area (Å²) in [5, 5.41) is 18.3. The van der Waals surface area contributed by atoms with Gasteiger partial charge in [-0.3, -0.25) is 0 Å². The summed E-state index contributed by atoms with van der Waals surface area (Å²) in [6.45, 7) is 0.533. The Morgan fingerprint density at radius 2 is 1.92 bits per heavy atom. The minimum Gasteiger partial charge on any atom is -0.390 e. The zero-order chi connectivity index (χ0) is 16.4. The first kappa shape index (κ1) is 15.2. The molecule has 0 spiro atoms. The van der Waals surface area contributed by atoms with Crippen LogP contribution in [0.3, 0.4) is 0 Å². The normalized spacial score (nSPS) is 11.0. The van der Waals surface area contributed by atoms with E-state index in [1.165, 1.54) is 11.3 Å². The first-order valence-electron chi connectivity index (χ1n) is 7.42. The van der Waals surface area contributed by atoms with Crippen LogP contribution in [0.5, 0.6) is 0 Å². The van der Waals surface area contributed by atoms with Gasteiger partial charge in [-0.15, -0.1) is 22.7 Å². The van der Waals surface area contributed by atoms with Crippen LogP contribution in [0.1, 0.15) is 10.7 Å². The van der Waals surface area contributed by atoms with Crippen LogP contribution >= 0.6 is 22.7 Å². The second-order valence-corrected chi connectivity index (χ2v) is 7.02. The highest BCUT2D eigenvalue weighted by Crippen LogP contribution is 2.27. The Kier molecular flexibility index (Phi) is 4.20. The number of aliphatic hydroxyl groups is 1. The number of thiazole rings is 1. The maximum atomic E-state index is 9.12. The number of thiophene rings is 1. The third kappa shape index (κ3) is 3.01. The molecule has 0 saturated carbocycles. The largest absolute Gasteiger partial charge is 0.390 e. The molecule has 0 saturated heterocycles. The predicted octanol–water partition coefficient (Wildman–Crippen LogP) is 3.92. The number of fused-ring (bicyclic) bond motifs is 1. The molecular formula is C17H14N4OS2. The lowest BCUT2D eigenvalue weighted by molar-refractivity contribution is 0.277. The van der Waals surface area contributed by atoms with Crippen LogP contribution in [0.25, 0.3) is 21.6 Å². The highest BCUT2D eigenvalue weighted by atomic mass is 32.1. The molecule has 0 amide bonds. The molecule has 120 valence electrons. The zero-order valence-electron chi connectivity index (χ0n) is 12.6. The summed E-state index contributed by atoms with van der Waals surface area (Å²) < 4.78 is 0. The van der Waals surface area contributed by atoms with Gasteiger partial charge in [-0.1, -0.05) is 18.2 Å². The summed E-state index contributed by atoms with van der Waals surface area (Å²) in [6.07, 6.45) is 0. The van der Waals surface area contributed by atoms with Gasteiger partial charge in [-0.05, 0) is 23.6 Å². The molecule has 0 aliphatic rings. The SMILES string of the molecule is OCc1csc(CNc2nc(-c3cccs3)nc3ccccc23)n1. The highest BCUT2D eigenvalue weighted by molar-refractivity contribution is 7.13. The molecule has 4 rings (SSSR count). The quantitative estimate of drug-likeness (QED) is 0.568. The van der Waals surface area contributed by atoms with E-state index in [2.05, 4.69) is 15.3 Å². The number of hydrogen-bond acceptors (Lipinski definition) is 7. The molecular weight excluding hydrogens is 340 g/mol. The van der Waals surface area contributed by atoms with Crippen LogP contribution < -0.4 is 5.32 Å². The molecule has 1 aromatic carbocycles. The lowest BCUT2D eigenvalue weighted by Crippen LogP contribution is -2.04. The molecule has 5 nitrogen and oxygen atoms in total. The van der Waals surface area contributed by atoms with Crippen LogP contribution in [-0.4, -0.2) is 20.1 Å². The summed E-state index contributed by atoms with van der Waals surface area (Å²) in [7, 11) is 0. The van der Waals surface area contributed by atoms with E-state index in [1.807, 2.05) is 47.2 Å². The van der Waals surface area contributed by atoms with Crippen molar-refractivity contribution in [2.75, 3.05) is 5.32 Å². The van der Waals surface area contributed by atoms with E-state index in [4.69, 9.17) is 10.1 Å². The van der Waals surface area contributed by atoms with Crippen molar-refractivity contribution < 1.29 is 5.11 Å². The number of rotatable bonds is 5. The average Bonchev–Trinajstić information content (AvgIpc) is 3.31. The van der Waals surface area contributed by atoms with Crippen molar-refractivity contribution in [2.24, 2.45) is 0 Å². The van der Waals surface area contributed by atoms with E-state index >= 15 is 0 Å². The highest BCUT2D eigenvalue weighted by Gasteiger charge is 2.10. The molecule has 0 fully saturated rings. The van der Waals surface area contributed by atoms with E-state index in [0.29, 0.717) is 12.2 Å². The van der Waals surface area contributed by atoms with Crippen molar-refractivity contribution in [3.63, 3.8) is 0 Å². The molecule has 0 radical (unpaired) electrons. The number of hydrogen-bond donors (Lipinski definition) is 2. The van der Waals surface area contributed by atoms with Gasteiger partial charge >= 0.3 is 0 Å². The van der Waals surface area contributed by atoms with Gasteiger partial charge in [0.1, 0.15) is 10.8 Å². The van der Waals surface area contributed by atoms with Gasteiger partial charge in [0.25, 0.3) is 0 Å². The number of aliphatic hydroxyl groups excluding tert-OH is 1. The number of para-hydroxylation sites is 1. The smallest absolute Gasteiger partial charge is 0.172 e. The predicted molar refractivity (Wildman–Crippen MR) is 98.2 cm³/mol. The topological polar surface area (TPSA) is 70.9 Å². The number of benzene rings is 1. The standard InChI is InChI=1S/C17H14N4OS2/c22-9-11-10-24-15(19-11)8-18-16-12-4-1-2-5-13(12)20-17(21-16)14-6-3-7-23-14/h1-7,10,22H,8-9H2,(H,18,20,21). The third-order valence-corrected chi connectivity index (χ3v) is 5.28. The van der Waals surface area contributed by atoms with E-state index < -0.39 is 0 Å². The minimum absolute atomic E-state index is 0.0323. The lowest BCUT2D eigenvalue weighted by atomic mass is 10.2. The first-order valence-corrected chi connectivity index (χ1v) is 9.18. The van der Waals surface area contributed by atoms with Crippen molar-refractivity contribution >= 4 is 39.4 Å². The van der Waals surface area contributed by atoms with Gasteiger partial charge in [0.05, 0.1) is 29.2 Å². The fourth-order valence-corrected chi connectivity index (χ4v) is 3.77. The number of nitrogens with one attached hydrogen (secondary N) is 1. The summed E-state index contributed by atoms with van der Waals surface area (Å²) in [4.78, 5) is 14.8. The Morgan fingerprint density at radius 1 is 1.00 bits per heavy atom. The molecule has 7 heteroatoms. The summed E-state index contributed by atoms with van der Waals surface area (Å²) in [5.74, 6) is 1.52. The van der Waals surface area contributed by atoms with E-state index in [0.717, 1.165) is 32.4 Å². The number of nitrogens with zero attached hydrogens (tertiary/aromatic N) is 3. The number of aromatic nitrogens is 3. The van der Waals surface area contributed by atoms with Crippen molar-refractivity contribution in [1.82, 2.24) is 15.0 Å². The van der Waals surface area contributed by atoms with Crippen LogP contribution in [0.2, 0.25) is 0 Å². The first-order chi connectivity index (χ1) is 11.8. The van der Waals surface area contributed by atoms with Crippen LogP contribution in [0.15, 0.2) is 47.2 Å². The second-order valence-electron chi connectivity index (χ2n) is 5.13. The molecule has 0 bridgehead atoms. The zero-order valence-corrected chi connectivity index (χ0v) is 14.3. The maximum Gasteiger partial charge on any atom is 0.172 e. The number of anilines is 1. The Balaban J connectivity index is 1.70. The van der Waals surface area contributed by atoms with Gasteiger partial charge < -0.3 is 10.4 Å². The van der Waals surface area contributed by atoms with E-state index in [-0.39, 0.29) is 6.61 Å². The fraction of sp³-hybridized carbons (Fsp3) is 0.118. The molecule has 0 aliphatic carbocycles. The molecule has 0 aliphatic heterocycles. The van der Waals surface area contributed by atoms with Crippen molar-refractivity contribution in [3.8, 4) is 10.7 Å². The van der Waals surface area contributed by atoms with Gasteiger partial charge in [-0.2, -0.15) is 0 Å². The summed E-state index contributed by atoms with van der Waals surface area (Å²) >= 11 is 3.15. The molecule has 4 aromatic rings. The fourth-order valence-electron chi connectivity index (χ4n) is 2.39.